The first-order valence-corrected chi connectivity index (χ1v) is 11.0. The van der Waals surface area contributed by atoms with Crippen LogP contribution in [-0.2, 0) is 23.0 Å². The van der Waals surface area contributed by atoms with Gasteiger partial charge in [-0.1, -0.05) is 11.6 Å². The number of anilines is 1. The number of rotatable bonds is 4. The molecule has 1 aliphatic rings. The van der Waals surface area contributed by atoms with Gasteiger partial charge in [0.25, 0.3) is 15.6 Å². The van der Waals surface area contributed by atoms with Crippen LogP contribution in [0.15, 0.2) is 44.5 Å². The predicted molar refractivity (Wildman–Crippen MR) is 111 cm³/mol. The molecule has 0 spiro atoms. The Morgan fingerprint density at radius 1 is 1.29 bits per heavy atom. The van der Waals surface area contributed by atoms with Gasteiger partial charge >= 0.3 is 0 Å². The van der Waals surface area contributed by atoms with E-state index < -0.39 is 10.0 Å². The summed E-state index contributed by atoms with van der Waals surface area (Å²) in [5, 5.41) is 0.606. The van der Waals surface area contributed by atoms with E-state index in [4.69, 9.17) is 16.3 Å². The van der Waals surface area contributed by atoms with Crippen LogP contribution in [0, 0.1) is 0 Å². The number of halogens is 2. The number of ether oxygens (including phenoxy) is 1. The molecule has 0 amide bonds. The first-order chi connectivity index (χ1) is 13.3. The van der Waals surface area contributed by atoms with Crippen LogP contribution in [0.3, 0.4) is 0 Å². The highest BCUT2D eigenvalue weighted by atomic mass is 79.9. The van der Waals surface area contributed by atoms with Crippen molar-refractivity contribution in [3.05, 3.63) is 56.0 Å². The highest BCUT2D eigenvalue weighted by Gasteiger charge is 2.23. The molecule has 1 aromatic heterocycles. The van der Waals surface area contributed by atoms with Crippen molar-refractivity contribution in [2.75, 3.05) is 11.8 Å². The second-order valence-electron chi connectivity index (χ2n) is 6.34. The van der Waals surface area contributed by atoms with Gasteiger partial charge in [0.15, 0.2) is 5.75 Å². The summed E-state index contributed by atoms with van der Waals surface area (Å²) < 4.78 is 35.6. The van der Waals surface area contributed by atoms with E-state index in [0.717, 1.165) is 18.7 Å². The van der Waals surface area contributed by atoms with E-state index >= 15 is 0 Å². The second kappa shape index (κ2) is 7.06. The Morgan fingerprint density at radius 3 is 2.82 bits per heavy atom. The molecule has 2 aromatic carbocycles. The predicted octanol–water partition coefficient (Wildman–Crippen LogP) is 3.57. The first kappa shape index (κ1) is 19.2. The van der Waals surface area contributed by atoms with Gasteiger partial charge in [0.2, 0.25) is 0 Å². The number of nitrogens with one attached hydrogen (secondary N) is 1. The minimum absolute atomic E-state index is 0.113. The van der Waals surface area contributed by atoms with Crippen molar-refractivity contribution in [3.63, 3.8) is 0 Å². The summed E-state index contributed by atoms with van der Waals surface area (Å²) in [5.41, 5.74) is 0.633. The summed E-state index contributed by atoms with van der Waals surface area (Å²) in [7, 11) is -2.64. The van der Waals surface area contributed by atoms with Gasteiger partial charge in [-0.15, -0.1) is 0 Å². The van der Waals surface area contributed by atoms with E-state index in [1.807, 2.05) is 0 Å². The Balaban J connectivity index is 1.79. The molecule has 3 aromatic rings. The van der Waals surface area contributed by atoms with Gasteiger partial charge in [0.05, 0.1) is 22.5 Å². The molecule has 7 nitrogen and oxygen atoms in total. The third-order valence-electron chi connectivity index (χ3n) is 4.54. The number of methoxy groups -OCH3 is 1. The molecular formula is C18H15BrClN3O4S. The zero-order chi connectivity index (χ0) is 20.1. The van der Waals surface area contributed by atoms with E-state index in [1.54, 1.807) is 22.8 Å². The molecule has 1 aliphatic heterocycles. The molecule has 0 atom stereocenters. The zero-order valence-electron chi connectivity index (χ0n) is 14.7. The Kier molecular flexibility index (Phi) is 4.84. The highest BCUT2D eigenvalue weighted by Crippen LogP contribution is 2.36. The maximum atomic E-state index is 12.9. The number of aryl methyl sites for hydroxylation is 1. The molecule has 0 aliphatic carbocycles. The third kappa shape index (κ3) is 3.27. The van der Waals surface area contributed by atoms with Crippen LogP contribution >= 0.6 is 27.5 Å². The Labute approximate surface area is 174 Å². The van der Waals surface area contributed by atoms with Gasteiger partial charge < -0.3 is 4.74 Å². The molecule has 10 heteroatoms. The van der Waals surface area contributed by atoms with Crippen LogP contribution < -0.4 is 15.0 Å². The molecule has 0 saturated heterocycles. The van der Waals surface area contributed by atoms with Crippen molar-refractivity contribution in [1.29, 1.82) is 0 Å². The number of hydrogen-bond acceptors (Lipinski definition) is 5. The molecule has 0 fully saturated rings. The average molecular weight is 485 g/mol. The van der Waals surface area contributed by atoms with E-state index in [-0.39, 0.29) is 26.9 Å². The lowest BCUT2D eigenvalue weighted by Crippen LogP contribution is -2.21. The monoisotopic (exact) mass is 483 g/mol. The minimum Gasteiger partial charge on any atom is -0.494 e. The number of fused-ring (bicyclic) bond motifs is 2. The van der Waals surface area contributed by atoms with Crippen LogP contribution in [0.25, 0.3) is 10.9 Å². The van der Waals surface area contributed by atoms with Crippen molar-refractivity contribution in [2.24, 2.45) is 0 Å². The van der Waals surface area contributed by atoms with Crippen molar-refractivity contribution < 1.29 is 13.2 Å². The maximum Gasteiger partial charge on any atom is 0.265 e. The number of sulfonamides is 1. The standard InChI is InChI=1S/C18H15BrClN3O4S/c1-27-17-13(19)7-10(20)8-15(17)28(25,26)22-11-4-5-14-12(9-11)18(24)23-6-2-3-16(23)21-14/h4-5,7-9,22H,2-3,6H2,1H3. The Hall–Kier alpha value is -2.10. The molecule has 146 valence electrons. The summed E-state index contributed by atoms with van der Waals surface area (Å²) >= 11 is 9.26. The SMILES string of the molecule is COc1c(Br)cc(Cl)cc1S(=O)(=O)Nc1ccc2nc3n(c(=O)c2c1)CCC3. The average Bonchev–Trinajstić information content (AvgIpc) is 3.10. The van der Waals surface area contributed by atoms with Crippen molar-refractivity contribution >= 4 is 54.1 Å². The van der Waals surface area contributed by atoms with E-state index in [1.165, 1.54) is 19.2 Å². The molecule has 1 N–H and O–H groups in total. The fourth-order valence-electron chi connectivity index (χ4n) is 3.29. The minimum atomic E-state index is -4.01. The van der Waals surface area contributed by atoms with Crippen LogP contribution in [0.1, 0.15) is 12.2 Å². The van der Waals surface area contributed by atoms with Gasteiger partial charge in [-0.05, 0) is 52.7 Å². The number of aromatic nitrogens is 2. The van der Waals surface area contributed by atoms with Crippen LogP contribution in [-0.4, -0.2) is 25.1 Å². The second-order valence-corrected chi connectivity index (χ2v) is 9.29. The zero-order valence-corrected chi connectivity index (χ0v) is 17.9. The Bertz CT molecular complexity index is 1270. The molecule has 0 unspecified atom stereocenters. The quantitative estimate of drug-likeness (QED) is 0.611. The van der Waals surface area contributed by atoms with Gasteiger partial charge in [-0.25, -0.2) is 13.4 Å². The molecule has 0 bridgehead atoms. The molecule has 0 saturated carbocycles. The van der Waals surface area contributed by atoms with Crippen LogP contribution in [0.2, 0.25) is 5.02 Å². The fraction of sp³-hybridized carbons (Fsp3) is 0.222. The van der Waals surface area contributed by atoms with E-state index in [0.29, 0.717) is 21.9 Å². The van der Waals surface area contributed by atoms with Crippen molar-refractivity contribution in [3.8, 4) is 5.75 Å². The van der Waals surface area contributed by atoms with Gasteiger partial charge in [0.1, 0.15) is 10.7 Å². The lowest BCUT2D eigenvalue weighted by Gasteiger charge is -2.14. The molecule has 4 rings (SSSR count). The van der Waals surface area contributed by atoms with Gasteiger partial charge in [-0.2, -0.15) is 0 Å². The number of nitrogens with zero attached hydrogens (tertiary/aromatic N) is 2. The highest BCUT2D eigenvalue weighted by molar-refractivity contribution is 9.10. The summed E-state index contributed by atoms with van der Waals surface area (Å²) in [6.07, 6.45) is 1.64. The Morgan fingerprint density at radius 2 is 2.07 bits per heavy atom. The summed E-state index contributed by atoms with van der Waals surface area (Å²) in [5.74, 6) is 0.900. The summed E-state index contributed by atoms with van der Waals surface area (Å²) in [4.78, 5) is 17.1. The maximum absolute atomic E-state index is 12.9. The third-order valence-corrected chi connectivity index (χ3v) is 6.73. The first-order valence-electron chi connectivity index (χ1n) is 8.39. The van der Waals surface area contributed by atoms with E-state index in [2.05, 4.69) is 25.6 Å². The topological polar surface area (TPSA) is 90.3 Å². The number of benzene rings is 2. The molecular weight excluding hydrogens is 470 g/mol. The molecule has 28 heavy (non-hydrogen) atoms. The van der Waals surface area contributed by atoms with Crippen LogP contribution in [0.4, 0.5) is 5.69 Å². The smallest absolute Gasteiger partial charge is 0.265 e. The van der Waals surface area contributed by atoms with E-state index in [9.17, 15) is 13.2 Å². The fourth-order valence-corrected chi connectivity index (χ4v) is 5.73. The summed E-state index contributed by atoms with van der Waals surface area (Å²) in [6.45, 7) is 0.626. The largest absolute Gasteiger partial charge is 0.494 e. The van der Waals surface area contributed by atoms with Crippen molar-refractivity contribution in [1.82, 2.24) is 9.55 Å². The van der Waals surface area contributed by atoms with Crippen LogP contribution in [0.5, 0.6) is 5.75 Å². The normalized spacial score (nSPS) is 13.5. The summed E-state index contributed by atoms with van der Waals surface area (Å²) in [6, 6.07) is 7.56. The molecule has 2 heterocycles. The van der Waals surface area contributed by atoms with Gasteiger partial charge in [-0.3, -0.25) is 14.1 Å². The van der Waals surface area contributed by atoms with Gasteiger partial charge in [0, 0.05) is 23.7 Å². The molecule has 0 radical (unpaired) electrons. The number of hydrogen-bond donors (Lipinski definition) is 1. The lowest BCUT2D eigenvalue weighted by molar-refractivity contribution is 0.400. The van der Waals surface area contributed by atoms with Crippen molar-refractivity contribution in [2.45, 2.75) is 24.3 Å². The lowest BCUT2D eigenvalue weighted by atomic mass is 10.2.